The van der Waals surface area contributed by atoms with Crippen LogP contribution in [0.5, 0.6) is 0 Å². The Morgan fingerprint density at radius 3 is 2.50 bits per heavy atom. The molecule has 1 heterocycles. The lowest BCUT2D eigenvalue weighted by atomic mass is 10.1. The molecule has 2 aromatic rings. The zero-order valence-corrected chi connectivity index (χ0v) is 17.6. The summed E-state index contributed by atoms with van der Waals surface area (Å²) in [7, 11) is 3.86. The van der Waals surface area contributed by atoms with Crippen molar-refractivity contribution in [2.24, 2.45) is 0 Å². The maximum absolute atomic E-state index is 13.0. The lowest BCUT2D eigenvalue weighted by Crippen LogP contribution is -2.43. The second-order valence-electron chi connectivity index (χ2n) is 7.59. The molecule has 0 aliphatic carbocycles. The van der Waals surface area contributed by atoms with Crippen LogP contribution in [0.2, 0.25) is 0 Å². The molecule has 1 amide bonds. The normalized spacial score (nSPS) is 16.4. The van der Waals surface area contributed by atoms with Crippen LogP contribution in [-0.4, -0.2) is 38.1 Å². The second kappa shape index (κ2) is 8.83. The monoisotopic (exact) mass is 403 g/mol. The average Bonchev–Trinajstić information content (AvgIpc) is 3.07. The fourth-order valence-electron chi connectivity index (χ4n) is 3.54. The van der Waals surface area contributed by atoms with Gasteiger partial charge in [0, 0.05) is 31.5 Å². The number of hydrogen-bond donors (Lipinski definition) is 0. The quantitative estimate of drug-likeness (QED) is 0.433. The van der Waals surface area contributed by atoms with Gasteiger partial charge in [-0.15, -0.1) is 0 Å². The molecule has 6 nitrogen and oxygen atoms in total. The number of ether oxygens (including phenoxy) is 1. The van der Waals surface area contributed by atoms with Crippen LogP contribution in [0.1, 0.15) is 25.0 Å². The number of rotatable bonds is 5. The summed E-state index contributed by atoms with van der Waals surface area (Å²) in [5, 5.41) is 9.41. The molecule has 30 heavy (non-hydrogen) atoms. The maximum Gasteiger partial charge on any atom is 0.349 e. The highest BCUT2D eigenvalue weighted by Gasteiger charge is 2.34. The van der Waals surface area contributed by atoms with E-state index in [0.717, 1.165) is 23.4 Å². The second-order valence-corrected chi connectivity index (χ2v) is 7.59. The van der Waals surface area contributed by atoms with Crippen molar-refractivity contribution in [1.29, 1.82) is 5.26 Å². The number of benzene rings is 2. The van der Waals surface area contributed by atoms with Gasteiger partial charge in [-0.25, -0.2) is 4.79 Å². The Morgan fingerprint density at radius 1 is 1.20 bits per heavy atom. The molecule has 2 aromatic carbocycles. The van der Waals surface area contributed by atoms with Gasteiger partial charge in [0.1, 0.15) is 11.6 Å². The molecule has 0 saturated heterocycles. The van der Waals surface area contributed by atoms with Crippen molar-refractivity contribution in [1.82, 2.24) is 0 Å². The van der Waals surface area contributed by atoms with E-state index in [1.807, 2.05) is 80.5 Å². The third-order valence-electron chi connectivity index (χ3n) is 5.14. The highest BCUT2D eigenvalue weighted by atomic mass is 16.5. The molecule has 0 fully saturated rings. The number of nitriles is 1. The molecule has 0 unspecified atom stereocenters. The van der Waals surface area contributed by atoms with Crippen molar-refractivity contribution in [3.05, 3.63) is 65.2 Å². The Hall–Kier alpha value is -3.59. The lowest BCUT2D eigenvalue weighted by Gasteiger charge is -2.25. The van der Waals surface area contributed by atoms with Crippen LogP contribution in [0.3, 0.4) is 0 Å². The number of esters is 1. The first-order chi connectivity index (χ1) is 14.3. The number of amides is 1. The summed E-state index contributed by atoms with van der Waals surface area (Å²) in [4.78, 5) is 29.1. The molecule has 0 radical (unpaired) electrons. The van der Waals surface area contributed by atoms with Crippen molar-refractivity contribution in [2.45, 2.75) is 32.4 Å². The smallest absolute Gasteiger partial charge is 0.349 e. The Labute approximate surface area is 177 Å². The van der Waals surface area contributed by atoms with Crippen molar-refractivity contribution in [3.63, 3.8) is 0 Å². The van der Waals surface area contributed by atoms with Gasteiger partial charge in [0.15, 0.2) is 6.10 Å². The highest BCUT2D eigenvalue weighted by Crippen LogP contribution is 2.32. The van der Waals surface area contributed by atoms with E-state index in [2.05, 4.69) is 0 Å². The van der Waals surface area contributed by atoms with E-state index >= 15 is 0 Å². The molecule has 0 saturated carbocycles. The Bertz CT molecular complexity index is 1020. The molecule has 0 spiro atoms. The van der Waals surface area contributed by atoms with Crippen molar-refractivity contribution in [3.8, 4) is 6.07 Å². The van der Waals surface area contributed by atoms with E-state index in [-0.39, 0.29) is 17.5 Å². The molecule has 0 bridgehead atoms. The van der Waals surface area contributed by atoms with E-state index in [1.165, 1.54) is 13.0 Å². The topological polar surface area (TPSA) is 73.6 Å². The number of hydrogen-bond acceptors (Lipinski definition) is 5. The van der Waals surface area contributed by atoms with Gasteiger partial charge in [0.2, 0.25) is 0 Å². The van der Waals surface area contributed by atoms with Gasteiger partial charge >= 0.3 is 5.97 Å². The molecule has 0 N–H and O–H groups in total. The molecule has 154 valence electrons. The molecule has 1 aliphatic heterocycles. The Morgan fingerprint density at radius 2 is 1.87 bits per heavy atom. The molecule has 0 aromatic heterocycles. The van der Waals surface area contributed by atoms with Crippen LogP contribution < -0.4 is 9.80 Å². The van der Waals surface area contributed by atoms with E-state index in [0.29, 0.717) is 5.56 Å². The summed E-state index contributed by atoms with van der Waals surface area (Å²) in [5.41, 5.74) is 3.50. The zero-order chi connectivity index (χ0) is 21.8. The first kappa shape index (κ1) is 21.1. The maximum atomic E-state index is 13.0. The summed E-state index contributed by atoms with van der Waals surface area (Å²) < 4.78 is 5.35. The zero-order valence-electron chi connectivity index (χ0n) is 17.6. The molecule has 2 atom stereocenters. The van der Waals surface area contributed by atoms with Crippen molar-refractivity contribution < 1.29 is 14.3 Å². The number of carbonyl (C=O) groups excluding carboxylic acids is 2. The SMILES string of the molecule is C[C@H](OC(=O)/C(C#N)=C/c1ccc(N(C)C)cc1)C(=O)N1c2ccccc2C[C@@H]1C. The minimum absolute atomic E-state index is 0.0164. The first-order valence-electron chi connectivity index (χ1n) is 9.83. The number of fused-ring (bicyclic) bond motifs is 1. The largest absolute Gasteiger partial charge is 0.448 e. The number of anilines is 2. The van der Waals surface area contributed by atoms with Crippen LogP contribution in [0, 0.1) is 11.3 Å². The van der Waals surface area contributed by atoms with Gasteiger partial charge in [-0.05, 0) is 55.7 Å². The number of nitrogens with zero attached hydrogens (tertiary/aromatic N) is 3. The Kier molecular flexibility index (Phi) is 6.22. The predicted molar refractivity (Wildman–Crippen MR) is 117 cm³/mol. The number of para-hydroxylation sites is 1. The predicted octanol–water partition coefficient (Wildman–Crippen LogP) is 3.57. The molecular formula is C24H25N3O3. The summed E-state index contributed by atoms with van der Waals surface area (Å²) in [6.07, 6.45) is 1.22. The molecule has 6 heteroatoms. The number of carbonyl (C=O) groups is 2. The van der Waals surface area contributed by atoms with Crippen LogP contribution in [0.4, 0.5) is 11.4 Å². The third kappa shape index (κ3) is 4.36. The van der Waals surface area contributed by atoms with Crippen molar-refractivity contribution >= 4 is 29.3 Å². The van der Waals surface area contributed by atoms with E-state index in [9.17, 15) is 14.9 Å². The fraction of sp³-hybridized carbons (Fsp3) is 0.292. The van der Waals surface area contributed by atoms with Gasteiger partial charge < -0.3 is 14.5 Å². The summed E-state index contributed by atoms with van der Waals surface area (Å²) >= 11 is 0. The summed E-state index contributed by atoms with van der Waals surface area (Å²) in [6.45, 7) is 3.50. The van der Waals surface area contributed by atoms with E-state index in [1.54, 1.807) is 4.90 Å². The highest BCUT2D eigenvalue weighted by molar-refractivity contribution is 6.03. The van der Waals surface area contributed by atoms with E-state index in [4.69, 9.17) is 4.74 Å². The van der Waals surface area contributed by atoms with Crippen LogP contribution in [0.25, 0.3) is 6.08 Å². The van der Waals surface area contributed by atoms with Crippen LogP contribution >= 0.6 is 0 Å². The van der Waals surface area contributed by atoms with Crippen LogP contribution in [-0.2, 0) is 20.7 Å². The van der Waals surface area contributed by atoms with Gasteiger partial charge in [-0.1, -0.05) is 30.3 Å². The minimum Gasteiger partial charge on any atom is -0.448 e. The van der Waals surface area contributed by atoms with Gasteiger partial charge in [-0.3, -0.25) is 4.79 Å². The van der Waals surface area contributed by atoms with Gasteiger partial charge in [0.05, 0.1) is 0 Å². The lowest BCUT2D eigenvalue weighted by molar-refractivity contribution is -0.149. The summed E-state index contributed by atoms with van der Waals surface area (Å²) in [6, 6.07) is 17.0. The molecule has 3 rings (SSSR count). The van der Waals surface area contributed by atoms with Crippen molar-refractivity contribution in [2.75, 3.05) is 23.9 Å². The van der Waals surface area contributed by atoms with E-state index < -0.39 is 12.1 Å². The van der Waals surface area contributed by atoms with Gasteiger partial charge in [0.25, 0.3) is 5.91 Å². The van der Waals surface area contributed by atoms with Crippen LogP contribution in [0.15, 0.2) is 54.1 Å². The minimum atomic E-state index is -1.00. The average molecular weight is 403 g/mol. The molecule has 1 aliphatic rings. The fourth-order valence-corrected chi connectivity index (χ4v) is 3.54. The first-order valence-corrected chi connectivity index (χ1v) is 9.83. The summed E-state index contributed by atoms with van der Waals surface area (Å²) in [5.74, 6) is -1.11. The molecular weight excluding hydrogens is 378 g/mol. The third-order valence-corrected chi connectivity index (χ3v) is 5.14. The standard InChI is InChI=1S/C24H25N3O3/c1-16-13-19-7-5-6-8-22(19)27(16)23(28)17(2)30-24(29)20(15-25)14-18-9-11-21(12-10-18)26(3)4/h5-12,14,16-17H,13H2,1-4H3/b20-14+/t16-,17-/m0/s1. The van der Waals surface area contributed by atoms with Gasteiger partial charge in [-0.2, -0.15) is 5.26 Å². The Balaban J connectivity index is 1.72.